The second-order valence-electron chi connectivity index (χ2n) is 17.9. The maximum absolute atomic E-state index is 14.3. The SMILES string of the molecule is COc1ccc(N/N=C2/C(=O)c3c(cc(S(=O)(=O)O)cc3Nc3nc(Cl)nc(Nc4ccc(Nc5nc(Cl)nc(Nc6cc(S(=O)(=O)O)cc7c6C(=O)/C(=N/Nc6ccc(OC)c(S(=O)(=O)O)c6)C(S(=O)(=O)O)=C7)n5)cc4)n3)C=C2S(=O)(=O)O)cc1S(=O)(=O)O. The zero-order valence-corrected chi connectivity index (χ0v) is 50.6. The lowest BCUT2D eigenvalue weighted by molar-refractivity contribution is 0.105. The van der Waals surface area contributed by atoms with Crippen LogP contribution in [0.1, 0.15) is 31.8 Å². The van der Waals surface area contributed by atoms with Gasteiger partial charge in [0.15, 0.2) is 11.4 Å². The predicted molar refractivity (Wildman–Crippen MR) is 317 cm³/mol. The standard InChI is InChI=1S/C46H34Cl2N14O22S6/c1-83-29-9-7-23(15-31(29)87(71,72)73)59-61-37-33(89(77,78)79)13-19-11-25(85(65,66)67)17-27(35(19)39(37)63)51-45-55-41(47)53-43(57-45)49-21-3-5-22(6-4-21)50-44-54-42(48)56-46(58-44)52-28-18-26(86(68,69)70)12-20-14-34(90(80,81)82)38(40(64)36(20)28)62-60-24-8-10-30(84-2)32(16-24)88(74,75)76/h3-18,59-60H,1-2H3,(H,65,66,67)(H,68,69,70)(H,71,72,73)(H,74,75,76)(H,77,78,79)(H,80,81,82)(H2,49,51,53,55,57)(H2,50,52,54,56,58)/b61-37+,62-38+. The van der Waals surface area contributed by atoms with Crippen LogP contribution in [0.5, 0.6) is 11.5 Å². The fourth-order valence-electron chi connectivity index (χ4n) is 8.18. The second-order valence-corrected chi connectivity index (χ2v) is 26.9. The maximum Gasteiger partial charge on any atom is 0.298 e. The number of nitrogens with one attached hydrogen (secondary N) is 6. The van der Waals surface area contributed by atoms with Crippen molar-refractivity contribution in [1.82, 2.24) is 29.9 Å². The molecular weight excluding hydrogens is 1360 g/mol. The highest BCUT2D eigenvalue weighted by Gasteiger charge is 2.38. The number of hydrogen-bond donors (Lipinski definition) is 12. The van der Waals surface area contributed by atoms with Crippen molar-refractivity contribution in [3.63, 3.8) is 0 Å². The minimum Gasteiger partial charge on any atom is -0.495 e. The van der Waals surface area contributed by atoms with Crippen LogP contribution in [-0.4, -0.2) is 145 Å². The first-order chi connectivity index (χ1) is 41.9. The number of fused-ring (bicyclic) bond motifs is 2. The number of benzene rings is 5. The zero-order valence-electron chi connectivity index (χ0n) is 44.2. The highest BCUT2D eigenvalue weighted by Crippen LogP contribution is 2.38. The number of halogens is 2. The number of carbonyl (C=O) groups excluding carboxylic acids is 2. The maximum atomic E-state index is 14.3. The molecule has 0 radical (unpaired) electrons. The van der Waals surface area contributed by atoms with E-state index in [1.807, 2.05) is 0 Å². The minimum absolute atomic E-state index is 0.215. The first kappa shape index (κ1) is 65.2. The van der Waals surface area contributed by atoms with Gasteiger partial charge in [-0.05, 0) is 131 Å². The summed E-state index contributed by atoms with van der Waals surface area (Å²) in [5, 5.41) is 17.3. The largest absolute Gasteiger partial charge is 0.495 e. The number of ether oxygens (including phenoxy) is 2. The van der Waals surface area contributed by atoms with Crippen LogP contribution in [0.15, 0.2) is 125 Å². The smallest absolute Gasteiger partial charge is 0.298 e. The molecule has 0 spiro atoms. The van der Waals surface area contributed by atoms with Crippen LogP contribution in [0, 0.1) is 0 Å². The van der Waals surface area contributed by atoms with E-state index in [4.69, 9.17) is 32.7 Å². The van der Waals surface area contributed by atoms with Gasteiger partial charge >= 0.3 is 0 Å². The molecule has 470 valence electrons. The molecule has 7 aromatic rings. The molecule has 44 heteroatoms. The summed E-state index contributed by atoms with van der Waals surface area (Å²) >= 11 is 12.5. The number of aromatic nitrogens is 6. The third kappa shape index (κ3) is 14.6. The van der Waals surface area contributed by atoms with Crippen molar-refractivity contribution in [2.24, 2.45) is 10.2 Å². The van der Waals surface area contributed by atoms with Crippen molar-refractivity contribution in [2.45, 2.75) is 19.6 Å². The van der Waals surface area contributed by atoms with E-state index in [1.54, 1.807) is 0 Å². The van der Waals surface area contributed by atoms with Crippen LogP contribution in [0.4, 0.5) is 57.9 Å². The summed E-state index contributed by atoms with van der Waals surface area (Å²) in [6, 6.07) is 14.6. The Morgan fingerprint density at radius 1 is 0.411 bits per heavy atom. The Hall–Kier alpha value is -9.28. The average Bonchev–Trinajstić information content (AvgIpc) is 0.798. The first-order valence-electron chi connectivity index (χ1n) is 23.7. The third-order valence-corrected chi connectivity index (χ3v) is 17.4. The number of ketones is 2. The summed E-state index contributed by atoms with van der Waals surface area (Å²) in [7, 11) is -28.7. The minimum atomic E-state index is -5.39. The molecule has 0 saturated heterocycles. The number of methoxy groups -OCH3 is 2. The molecule has 2 heterocycles. The Morgan fingerprint density at radius 2 is 0.733 bits per heavy atom. The van der Waals surface area contributed by atoms with Crippen LogP contribution in [0.25, 0.3) is 12.2 Å². The predicted octanol–water partition coefficient (Wildman–Crippen LogP) is 5.13. The summed E-state index contributed by atoms with van der Waals surface area (Å²) in [6.45, 7) is 0. The Bertz CT molecular complexity index is 4800. The molecule has 12 N–H and O–H groups in total. The van der Waals surface area contributed by atoms with E-state index < -0.39 is 169 Å². The summed E-state index contributed by atoms with van der Waals surface area (Å²) in [5.41, 5.74) is -0.918. The molecule has 0 aliphatic heterocycles. The molecule has 0 fully saturated rings. The fraction of sp³-hybridized carbons (Fsp3) is 0.0435. The summed E-state index contributed by atoms with van der Waals surface area (Å²) < 4.78 is 218. The third-order valence-electron chi connectivity index (χ3n) is 11.9. The van der Waals surface area contributed by atoms with E-state index in [-0.39, 0.29) is 46.1 Å². The Balaban J connectivity index is 0.977. The van der Waals surface area contributed by atoms with Crippen LogP contribution >= 0.6 is 23.2 Å². The summed E-state index contributed by atoms with van der Waals surface area (Å²) in [4.78, 5) is 47.0. The molecule has 0 saturated carbocycles. The molecule has 0 atom stereocenters. The zero-order chi connectivity index (χ0) is 65.8. The molecule has 90 heavy (non-hydrogen) atoms. The number of hydrazone groups is 2. The topological polar surface area (TPSA) is 553 Å². The second kappa shape index (κ2) is 24.3. The van der Waals surface area contributed by atoms with Gasteiger partial charge in [-0.1, -0.05) is 0 Å². The van der Waals surface area contributed by atoms with E-state index in [0.717, 1.165) is 62.8 Å². The number of carbonyl (C=O) groups is 2. The van der Waals surface area contributed by atoms with E-state index >= 15 is 0 Å². The number of rotatable bonds is 20. The van der Waals surface area contributed by atoms with Gasteiger partial charge in [0.05, 0.1) is 57.9 Å². The van der Waals surface area contributed by atoms with Crippen molar-refractivity contribution >= 4 is 177 Å². The average molecular weight is 1400 g/mol. The molecular formula is C46H34Cl2N14O22S6. The molecule has 2 aliphatic carbocycles. The van der Waals surface area contributed by atoms with Gasteiger partial charge in [0, 0.05) is 11.4 Å². The van der Waals surface area contributed by atoms with Crippen LogP contribution in [0.3, 0.4) is 0 Å². The van der Waals surface area contributed by atoms with E-state index in [0.29, 0.717) is 24.3 Å². The highest BCUT2D eigenvalue weighted by atomic mass is 35.5. The Morgan fingerprint density at radius 3 is 1.03 bits per heavy atom. The van der Waals surface area contributed by atoms with Crippen molar-refractivity contribution in [3.8, 4) is 11.5 Å². The molecule has 0 bridgehead atoms. The van der Waals surface area contributed by atoms with E-state index in [1.165, 1.54) is 24.3 Å². The molecule has 0 amide bonds. The molecule has 2 aromatic heterocycles. The van der Waals surface area contributed by atoms with Gasteiger partial charge in [-0.15, -0.1) is 0 Å². The van der Waals surface area contributed by atoms with Gasteiger partial charge < -0.3 is 30.7 Å². The van der Waals surface area contributed by atoms with Crippen LogP contribution in [0.2, 0.25) is 10.6 Å². The number of allylic oxidation sites excluding steroid dienone is 2. The van der Waals surface area contributed by atoms with Crippen molar-refractivity contribution in [3.05, 3.63) is 128 Å². The quantitative estimate of drug-likeness (QED) is 0.0347. The molecule has 5 aromatic carbocycles. The van der Waals surface area contributed by atoms with Gasteiger partial charge in [-0.3, -0.25) is 47.8 Å². The number of Topliss-reactive ketones (excluding diaryl/α,β-unsaturated/α-hetero) is 2. The fourth-order valence-corrected chi connectivity index (χ4v) is 12.3. The first-order valence-corrected chi connectivity index (χ1v) is 33.1. The van der Waals surface area contributed by atoms with Gasteiger partial charge in [0.25, 0.3) is 60.7 Å². The monoisotopic (exact) mass is 1400 g/mol. The van der Waals surface area contributed by atoms with Crippen molar-refractivity contribution < 1.29 is 96.9 Å². The van der Waals surface area contributed by atoms with E-state index in [9.17, 15) is 87.4 Å². The Labute approximate surface area is 515 Å². The molecule has 36 nitrogen and oxygen atoms in total. The van der Waals surface area contributed by atoms with Gasteiger partial charge in [-0.2, -0.15) is 90.6 Å². The molecule has 0 unspecified atom stereocenters. The van der Waals surface area contributed by atoms with Gasteiger partial charge in [0.2, 0.25) is 45.9 Å². The van der Waals surface area contributed by atoms with Crippen molar-refractivity contribution in [1.29, 1.82) is 0 Å². The van der Waals surface area contributed by atoms with E-state index in [2.05, 4.69) is 72.2 Å². The number of anilines is 10. The number of hydrogen-bond acceptors (Lipinski definition) is 30. The van der Waals surface area contributed by atoms with Gasteiger partial charge in [-0.25, -0.2) is 0 Å². The molecule has 2 aliphatic rings. The summed E-state index contributed by atoms with van der Waals surface area (Å²) in [6.07, 6.45) is 1.26. The Kier molecular flexibility index (Phi) is 17.6. The summed E-state index contributed by atoms with van der Waals surface area (Å²) in [5.74, 6) is -4.98. The van der Waals surface area contributed by atoms with Gasteiger partial charge in [0.1, 0.15) is 31.1 Å². The van der Waals surface area contributed by atoms with Crippen molar-refractivity contribution in [2.75, 3.05) is 46.3 Å². The van der Waals surface area contributed by atoms with Crippen LogP contribution in [-0.2, 0) is 60.7 Å². The van der Waals surface area contributed by atoms with Crippen LogP contribution < -0.4 is 41.6 Å². The lowest BCUT2D eigenvalue weighted by Crippen LogP contribution is -2.28. The highest BCUT2D eigenvalue weighted by molar-refractivity contribution is 7.91. The normalized spacial score (nSPS) is 14.6. The number of nitrogens with zero attached hydrogens (tertiary/aromatic N) is 8. The molecule has 9 rings (SSSR count). The lowest BCUT2D eigenvalue weighted by atomic mass is 9.93. The lowest BCUT2D eigenvalue weighted by Gasteiger charge is -2.20.